The smallest absolute Gasteiger partial charge is 0.0545 e. The molecule has 0 aromatic carbocycles. The van der Waals surface area contributed by atoms with Gasteiger partial charge in [-0.15, -0.1) is 0 Å². The second-order valence-electron chi connectivity index (χ2n) is 2.03. The van der Waals surface area contributed by atoms with E-state index in [9.17, 15) is 0 Å². The van der Waals surface area contributed by atoms with Gasteiger partial charge in [0.05, 0.1) is 6.10 Å². The van der Waals surface area contributed by atoms with E-state index in [1.807, 2.05) is 0 Å². The molecule has 10 heavy (non-hydrogen) atoms. The van der Waals surface area contributed by atoms with Crippen molar-refractivity contribution < 1.29 is 25.5 Å². The summed E-state index contributed by atoms with van der Waals surface area (Å²) in [6.45, 7) is 1.72. The van der Waals surface area contributed by atoms with Gasteiger partial charge in [-0.3, -0.25) is 0 Å². The molecule has 1 aromatic heterocycles. The molecule has 0 bridgehead atoms. The molecule has 3 nitrogen and oxygen atoms in total. The van der Waals surface area contributed by atoms with Gasteiger partial charge >= 0.3 is 0 Å². The van der Waals surface area contributed by atoms with Crippen LogP contribution in [0.2, 0.25) is 0 Å². The number of aliphatic hydroxyl groups is 1. The predicted octanol–water partition coefficient (Wildman–Crippen LogP) is -0.0404. The van der Waals surface area contributed by atoms with Gasteiger partial charge in [-0.25, -0.2) is 0 Å². The zero-order chi connectivity index (χ0) is 6.69. The van der Waals surface area contributed by atoms with E-state index in [1.165, 1.54) is 0 Å². The summed E-state index contributed by atoms with van der Waals surface area (Å²) in [6.07, 6.45) is 3.45. The van der Waals surface area contributed by atoms with Crippen LogP contribution in [-0.4, -0.2) is 16.2 Å². The fourth-order valence-electron chi connectivity index (χ4n) is 0.642. The van der Waals surface area contributed by atoms with E-state index in [0.29, 0.717) is 12.2 Å². The Labute approximate surface area is 73.5 Å². The Morgan fingerprint density at radius 1 is 1.80 bits per heavy atom. The molecule has 1 N–H and O–H groups in total. The Morgan fingerprint density at radius 2 is 2.50 bits per heavy atom. The standard InChI is InChI=1S/C6H9N2O.Pd/c1-5(9)4-6-7-2-3-8-6;/h2-3,5,9H,4H2,1H3;/q-1;. The fraction of sp³-hybridized carbons (Fsp3) is 0.500. The molecule has 60 valence electrons. The predicted molar refractivity (Wildman–Crippen MR) is 32.9 cm³/mol. The molecule has 0 saturated heterocycles. The van der Waals surface area contributed by atoms with Gasteiger partial charge < -0.3 is 15.1 Å². The molecule has 1 rings (SSSR count). The van der Waals surface area contributed by atoms with E-state index in [2.05, 4.69) is 9.97 Å². The average Bonchev–Trinajstić information content (AvgIpc) is 2.15. The maximum atomic E-state index is 8.84. The van der Waals surface area contributed by atoms with Crippen LogP contribution in [0.1, 0.15) is 12.7 Å². The van der Waals surface area contributed by atoms with Crippen molar-refractivity contribution in [3.63, 3.8) is 0 Å². The van der Waals surface area contributed by atoms with Crippen molar-refractivity contribution in [2.24, 2.45) is 0 Å². The topological polar surface area (TPSA) is 47.2 Å². The maximum Gasteiger partial charge on any atom is 0.0545 e. The van der Waals surface area contributed by atoms with E-state index in [1.54, 1.807) is 19.3 Å². The van der Waals surface area contributed by atoms with E-state index in [-0.39, 0.29) is 26.5 Å². The summed E-state index contributed by atoms with van der Waals surface area (Å²) in [5.41, 5.74) is 0. The first-order valence-electron chi connectivity index (χ1n) is 2.89. The number of nitrogens with zero attached hydrogens (tertiary/aromatic N) is 2. The quantitative estimate of drug-likeness (QED) is 0.727. The molecule has 1 aromatic rings. The summed E-state index contributed by atoms with van der Waals surface area (Å²) in [5, 5.41) is 8.84. The van der Waals surface area contributed by atoms with E-state index in [0.717, 1.165) is 0 Å². The number of aromatic nitrogens is 2. The summed E-state index contributed by atoms with van der Waals surface area (Å²) in [5.74, 6) is 0.713. The number of imidazole rings is 1. The molecule has 0 aliphatic rings. The van der Waals surface area contributed by atoms with Crippen molar-refractivity contribution in [3.8, 4) is 0 Å². The van der Waals surface area contributed by atoms with E-state index < -0.39 is 0 Å². The zero-order valence-electron chi connectivity index (χ0n) is 5.60. The minimum atomic E-state index is -0.340. The summed E-state index contributed by atoms with van der Waals surface area (Å²) in [4.78, 5) is 7.77. The van der Waals surface area contributed by atoms with Crippen molar-refractivity contribution in [2.75, 3.05) is 0 Å². The molecule has 0 aliphatic heterocycles. The number of hydrogen-bond acceptors (Lipinski definition) is 2. The summed E-state index contributed by atoms with van der Waals surface area (Å²) in [7, 11) is 0. The second kappa shape index (κ2) is 4.62. The molecule has 0 fully saturated rings. The normalized spacial score (nSPS) is 12.2. The molecule has 0 radical (unpaired) electrons. The van der Waals surface area contributed by atoms with Crippen LogP contribution < -0.4 is 4.98 Å². The van der Waals surface area contributed by atoms with Crippen LogP contribution in [0.4, 0.5) is 0 Å². The van der Waals surface area contributed by atoms with Crippen LogP contribution in [0, 0.1) is 0 Å². The molecule has 1 heterocycles. The first-order chi connectivity index (χ1) is 4.29. The Kier molecular flexibility index (Phi) is 4.54. The summed E-state index contributed by atoms with van der Waals surface area (Å²) < 4.78 is 0. The molecule has 1 unspecified atom stereocenters. The SMILES string of the molecule is CC(O)Cc1ncc[n-]1.[Pd]. The van der Waals surface area contributed by atoms with Gasteiger partial charge in [0.1, 0.15) is 0 Å². The monoisotopic (exact) mass is 231 g/mol. The van der Waals surface area contributed by atoms with E-state index >= 15 is 0 Å². The van der Waals surface area contributed by atoms with Gasteiger partial charge in [-0.05, 0) is 13.3 Å². The number of rotatable bonds is 2. The Hall–Kier alpha value is -0.168. The first kappa shape index (κ1) is 9.83. The molecule has 0 saturated carbocycles. The van der Waals surface area contributed by atoms with Gasteiger partial charge in [0.25, 0.3) is 0 Å². The third-order valence-electron chi connectivity index (χ3n) is 0.992. The first-order valence-corrected chi connectivity index (χ1v) is 2.89. The third-order valence-corrected chi connectivity index (χ3v) is 0.992. The minimum Gasteiger partial charge on any atom is -0.446 e. The molecule has 0 spiro atoms. The molecule has 1 atom stereocenters. The van der Waals surface area contributed by atoms with Gasteiger partial charge in [0, 0.05) is 20.4 Å². The molecular weight excluding hydrogens is 222 g/mol. The van der Waals surface area contributed by atoms with Crippen molar-refractivity contribution in [1.29, 1.82) is 0 Å². The zero-order valence-corrected chi connectivity index (χ0v) is 7.15. The van der Waals surface area contributed by atoms with Gasteiger partial charge in [0.2, 0.25) is 0 Å². The van der Waals surface area contributed by atoms with Crippen molar-refractivity contribution >= 4 is 0 Å². The van der Waals surface area contributed by atoms with Crippen molar-refractivity contribution in [1.82, 2.24) is 9.97 Å². The van der Waals surface area contributed by atoms with Crippen molar-refractivity contribution in [3.05, 3.63) is 18.2 Å². The molecule has 4 heteroatoms. The molecule has 0 amide bonds. The van der Waals surface area contributed by atoms with Crippen LogP contribution in [0.15, 0.2) is 12.4 Å². The van der Waals surface area contributed by atoms with Crippen LogP contribution in [0.5, 0.6) is 0 Å². The maximum absolute atomic E-state index is 8.84. The van der Waals surface area contributed by atoms with Crippen LogP contribution >= 0.6 is 0 Å². The minimum absolute atomic E-state index is 0. The van der Waals surface area contributed by atoms with Crippen LogP contribution in [0.25, 0.3) is 0 Å². The van der Waals surface area contributed by atoms with E-state index in [4.69, 9.17) is 5.11 Å². The Morgan fingerprint density at radius 3 is 2.90 bits per heavy atom. The van der Waals surface area contributed by atoms with Gasteiger partial charge in [-0.2, -0.15) is 0 Å². The van der Waals surface area contributed by atoms with Crippen LogP contribution in [-0.2, 0) is 26.8 Å². The third kappa shape index (κ3) is 3.12. The fourth-order valence-corrected chi connectivity index (χ4v) is 0.642. The summed E-state index contributed by atoms with van der Waals surface area (Å²) >= 11 is 0. The average molecular weight is 232 g/mol. The summed E-state index contributed by atoms with van der Waals surface area (Å²) in [6, 6.07) is 0. The molecule has 0 aliphatic carbocycles. The van der Waals surface area contributed by atoms with Crippen molar-refractivity contribution in [2.45, 2.75) is 19.4 Å². The number of aliphatic hydroxyl groups excluding tert-OH is 1. The Balaban J connectivity index is 0.000000810. The van der Waals surface area contributed by atoms with Gasteiger partial charge in [-0.1, -0.05) is 18.2 Å². The number of hydrogen-bond donors (Lipinski definition) is 1. The second-order valence-corrected chi connectivity index (χ2v) is 2.03. The largest absolute Gasteiger partial charge is 0.446 e. The van der Waals surface area contributed by atoms with Crippen LogP contribution in [0.3, 0.4) is 0 Å². The Bertz CT molecular complexity index is 162. The molecular formula is C6H9N2OPd-. The van der Waals surface area contributed by atoms with Gasteiger partial charge in [0.15, 0.2) is 0 Å².